The summed E-state index contributed by atoms with van der Waals surface area (Å²) in [6.45, 7) is 1.05. The predicted octanol–water partition coefficient (Wildman–Crippen LogP) is 3.79. The molecule has 4 rings (SSSR count). The average Bonchev–Trinajstić information content (AvgIpc) is 2.91. The van der Waals surface area contributed by atoms with Crippen molar-refractivity contribution in [3.05, 3.63) is 35.5 Å². The molecule has 1 saturated carbocycles. The maximum absolute atomic E-state index is 11.2. The maximum atomic E-state index is 11.2. The number of nitrogens with zero attached hydrogens (tertiary/aromatic N) is 2. The molecule has 1 aliphatic carbocycles. The van der Waals surface area contributed by atoms with Crippen LogP contribution in [-0.4, -0.2) is 23.1 Å². The third-order valence-electron chi connectivity index (χ3n) is 5.54. The van der Waals surface area contributed by atoms with Gasteiger partial charge in [0.2, 0.25) is 0 Å². The number of hydrogen-bond acceptors (Lipinski definition) is 3. The number of benzene rings is 1. The second-order valence-electron chi connectivity index (χ2n) is 6.82. The number of aldehydes is 1. The largest absolute Gasteiger partial charge is 0.375 e. The summed E-state index contributed by atoms with van der Waals surface area (Å²) >= 11 is 0. The molecule has 1 aromatic heterocycles. The summed E-state index contributed by atoms with van der Waals surface area (Å²) in [5.41, 5.74) is 3.00. The van der Waals surface area contributed by atoms with Crippen molar-refractivity contribution in [2.45, 2.75) is 50.2 Å². The van der Waals surface area contributed by atoms with Crippen molar-refractivity contribution in [3.63, 3.8) is 0 Å². The quantitative estimate of drug-likeness (QED) is 0.811. The number of carbonyl (C=O) groups excluding carboxylic acids is 1. The number of fused-ring (bicyclic) bond motifs is 1. The highest BCUT2D eigenvalue weighted by Crippen LogP contribution is 2.47. The smallest absolute Gasteiger partial charge is 0.166 e. The van der Waals surface area contributed by atoms with E-state index in [9.17, 15) is 4.79 Å². The van der Waals surface area contributed by atoms with Crippen LogP contribution in [0.4, 0.5) is 0 Å². The second-order valence-corrected chi connectivity index (χ2v) is 6.82. The molecule has 1 atom stereocenters. The molecule has 1 saturated heterocycles. The number of hydrogen-bond donors (Lipinski definition) is 0. The molecule has 4 heteroatoms. The van der Waals surface area contributed by atoms with Crippen molar-refractivity contribution in [2.75, 3.05) is 6.61 Å². The summed E-state index contributed by atoms with van der Waals surface area (Å²) in [6, 6.07) is 10.4. The van der Waals surface area contributed by atoms with Crippen LogP contribution < -0.4 is 0 Å². The molecule has 2 heterocycles. The number of rotatable bonds is 3. The first-order chi connectivity index (χ1) is 11.2. The zero-order valence-electron chi connectivity index (χ0n) is 13.1. The SMILES string of the molecule is N#CCn1c(C=O)cc2cc(C3CCOC4(CCC4)C3)ccc21. The van der Waals surface area contributed by atoms with Crippen LogP contribution in [0.25, 0.3) is 10.9 Å². The van der Waals surface area contributed by atoms with Gasteiger partial charge in [-0.15, -0.1) is 0 Å². The van der Waals surface area contributed by atoms with Gasteiger partial charge < -0.3 is 9.30 Å². The Morgan fingerprint density at radius 3 is 2.96 bits per heavy atom. The number of carbonyl (C=O) groups is 1. The Labute approximate surface area is 135 Å². The van der Waals surface area contributed by atoms with Gasteiger partial charge in [-0.3, -0.25) is 4.79 Å². The van der Waals surface area contributed by atoms with Crippen molar-refractivity contribution >= 4 is 17.2 Å². The van der Waals surface area contributed by atoms with E-state index in [0.717, 1.165) is 36.6 Å². The fraction of sp³-hybridized carbons (Fsp3) is 0.474. The molecular weight excluding hydrogens is 288 g/mol. The van der Waals surface area contributed by atoms with E-state index in [2.05, 4.69) is 24.3 Å². The zero-order chi connectivity index (χ0) is 15.9. The molecule has 118 valence electrons. The zero-order valence-corrected chi connectivity index (χ0v) is 13.1. The third-order valence-corrected chi connectivity index (χ3v) is 5.54. The van der Waals surface area contributed by atoms with Crippen LogP contribution in [0.1, 0.15) is 54.1 Å². The molecule has 1 aliphatic heterocycles. The number of nitriles is 1. The van der Waals surface area contributed by atoms with Crippen LogP contribution in [0.5, 0.6) is 0 Å². The Hall–Kier alpha value is -2.12. The Bertz CT molecular complexity index is 796. The summed E-state index contributed by atoms with van der Waals surface area (Å²) in [5.74, 6) is 0.535. The van der Waals surface area contributed by atoms with E-state index < -0.39 is 0 Å². The van der Waals surface area contributed by atoms with Gasteiger partial charge in [-0.05, 0) is 61.8 Å². The fourth-order valence-electron chi connectivity index (χ4n) is 4.14. The first-order valence-corrected chi connectivity index (χ1v) is 8.34. The maximum Gasteiger partial charge on any atom is 0.166 e. The summed E-state index contributed by atoms with van der Waals surface area (Å²) in [4.78, 5) is 11.2. The van der Waals surface area contributed by atoms with Crippen molar-refractivity contribution in [1.29, 1.82) is 5.26 Å². The van der Waals surface area contributed by atoms with Gasteiger partial charge in [0.15, 0.2) is 6.29 Å². The van der Waals surface area contributed by atoms with E-state index in [4.69, 9.17) is 10.00 Å². The van der Waals surface area contributed by atoms with Crippen LogP contribution in [0.3, 0.4) is 0 Å². The van der Waals surface area contributed by atoms with E-state index in [-0.39, 0.29) is 12.1 Å². The molecule has 1 aromatic carbocycles. The molecule has 2 aromatic rings. The minimum Gasteiger partial charge on any atom is -0.375 e. The minimum atomic E-state index is 0.137. The molecule has 1 spiro atoms. The lowest BCUT2D eigenvalue weighted by Crippen LogP contribution is -2.44. The monoisotopic (exact) mass is 308 g/mol. The molecular formula is C19H20N2O2. The van der Waals surface area contributed by atoms with E-state index in [1.54, 1.807) is 4.57 Å². The van der Waals surface area contributed by atoms with Gasteiger partial charge >= 0.3 is 0 Å². The van der Waals surface area contributed by atoms with Gasteiger partial charge in [0.25, 0.3) is 0 Å². The number of aromatic nitrogens is 1. The summed E-state index contributed by atoms with van der Waals surface area (Å²) in [5, 5.41) is 10.0. The molecule has 0 N–H and O–H groups in total. The van der Waals surface area contributed by atoms with Gasteiger partial charge in [-0.2, -0.15) is 5.26 Å². The third kappa shape index (κ3) is 2.36. The summed E-state index contributed by atoms with van der Waals surface area (Å²) < 4.78 is 7.81. The highest BCUT2D eigenvalue weighted by atomic mass is 16.5. The first kappa shape index (κ1) is 14.5. The van der Waals surface area contributed by atoms with Crippen LogP contribution in [0.15, 0.2) is 24.3 Å². The molecule has 4 nitrogen and oxygen atoms in total. The van der Waals surface area contributed by atoms with Gasteiger partial charge in [0.1, 0.15) is 6.54 Å². The topological polar surface area (TPSA) is 55.0 Å². The Balaban J connectivity index is 1.69. The summed E-state index contributed by atoms with van der Waals surface area (Å²) in [6.07, 6.45) is 6.67. The molecule has 0 radical (unpaired) electrons. The summed E-state index contributed by atoms with van der Waals surface area (Å²) in [7, 11) is 0. The van der Waals surface area contributed by atoms with Crippen molar-refractivity contribution in [3.8, 4) is 6.07 Å². The first-order valence-electron chi connectivity index (χ1n) is 8.34. The van der Waals surface area contributed by atoms with E-state index in [1.807, 2.05) is 6.07 Å². The standard InChI is InChI=1S/C19H20N2O2/c20-7-8-21-17(13-22)11-16-10-14(2-3-18(16)21)15-4-9-23-19(12-15)5-1-6-19/h2-3,10-11,13,15H,1,4-6,8-9,12H2. The Morgan fingerprint density at radius 1 is 1.39 bits per heavy atom. The Morgan fingerprint density at radius 2 is 2.26 bits per heavy atom. The van der Waals surface area contributed by atoms with Crippen molar-refractivity contribution < 1.29 is 9.53 Å². The van der Waals surface area contributed by atoms with Crippen LogP contribution >= 0.6 is 0 Å². The average molecular weight is 308 g/mol. The van der Waals surface area contributed by atoms with Crippen molar-refractivity contribution in [2.24, 2.45) is 0 Å². The highest BCUT2D eigenvalue weighted by Gasteiger charge is 2.42. The molecule has 2 fully saturated rings. The molecule has 2 aliphatic rings. The molecule has 1 unspecified atom stereocenters. The minimum absolute atomic E-state index is 0.137. The van der Waals surface area contributed by atoms with Gasteiger partial charge in [0, 0.05) is 17.5 Å². The second kappa shape index (κ2) is 5.50. The molecule has 0 bridgehead atoms. The van der Waals surface area contributed by atoms with Gasteiger partial charge in [0.05, 0.1) is 17.4 Å². The number of ether oxygens (including phenoxy) is 1. The lowest BCUT2D eigenvalue weighted by Gasteiger charge is -2.47. The van der Waals surface area contributed by atoms with Crippen LogP contribution in [-0.2, 0) is 11.3 Å². The Kier molecular flexibility index (Phi) is 3.46. The van der Waals surface area contributed by atoms with E-state index >= 15 is 0 Å². The van der Waals surface area contributed by atoms with Crippen LogP contribution in [0.2, 0.25) is 0 Å². The lowest BCUT2D eigenvalue weighted by atomic mass is 9.70. The molecule has 23 heavy (non-hydrogen) atoms. The van der Waals surface area contributed by atoms with Gasteiger partial charge in [-0.1, -0.05) is 6.07 Å². The van der Waals surface area contributed by atoms with Crippen LogP contribution in [0, 0.1) is 11.3 Å². The van der Waals surface area contributed by atoms with E-state index in [1.165, 1.54) is 24.8 Å². The normalized spacial score (nSPS) is 22.7. The van der Waals surface area contributed by atoms with Gasteiger partial charge in [-0.25, -0.2) is 0 Å². The molecule has 0 amide bonds. The highest BCUT2D eigenvalue weighted by molar-refractivity contribution is 5.89. The fourth-order valence-corrected chi connectivity index (χ4v) is 4.14. The lowest BCUT2D eigenvalue weighted by molar-refractivity contribution is -0.133. The predicted molar refractivity (Wildman–Crippen MR) is 87.4 cm³/mol. The van der Waals surface area contributed by atoms with Crippen molar-refractivity contribution in [1.82, 2.24) is 4.57 Å². The van der Waals surface area contributed by atoms with E-state index in [0.29, 0.717) is 11.6 Å².